The lowest BCUT2D eigenvalue weighted by Gasteiger charge is -2.42. The molecule has 0 bridgehead atoms. The normalized spacial score (nSPS) is 21.9. The van der Waals surface area contributed by atoms with Gasteiger partial charge in [-0.05, 0) is 68.0 Å². The fourth-order valence-corrected chi connectivity index (χ4v) is 6.47. The van der Waals surface area contributed by atoms with E-state index >= 15 is 0 Å². The molecule has 1 aliphatic heterocycles. The maximum Gasteiger partial charge on any atom is 0.239 e. The smallest absolute Gasteiger partial charge is 0.239 e. The number of carbonyl (C=O) groups is 2. The Morgan fingerprint density at radius 1 is 1.00 bits per heavy atom. The van der Waals surface area contributed by atoms with Crippen molar-refractivity contribution < 1.29 is 19.8 Å². The third-order valence-electron chi connectivity index (χ3n) is 8.58. The second-order valence-corrected chi connectivity index (χ2v) is 13.5. The molecule has 1 saturated heterocycles. The second kappa shape index (κ2) is 14.6. The number of rotatable bonds is 11. The fraction of sp³-hybridized carbons (Fsp3) is 0.486. The standard InChI is InChI=1S/C35H46N6O4/c1-35(2,3)39-34(45)30-23-40(21-25-9-7-13-37-20-25)14-15-41(30)22-28(42)17-27(16-24-8-6-12-36-19-24)33(44)38-32-29-11-5-4-10-26(29)18-31(32)43/h4-13,19-20,27-28,30-32,42-43H,14-18,21-23H2,1-3H3,(H,38,44)(H,39,45)/t27-,28+,30+,31-,32?/m1/s1. The molecule has 2 amide bonds. The SMILES string of the molecule is CC(C)(C)NC(=O)[C@@H]1CN(Cc2cccnc2)CCN1C[C@@H](O)C[C@@H](Cc1cccnc1)C(=O)NC1c2ccccc2C[C@H]1O. The Morgan fingerprint density at radius 3 is 2.40 bits per heavy atom. The van der Waals surface area contributed by atoms with E-state index in [2.05, 4.69) is 25.5 Å². The van der Waals surface area contributed by atoms with Crippen LogP contribution in [0.25, 0.3) is 0 Å². The highest BCUT2D eigenvalue weighted by Crippen LogP contribution is 2.32. The number of hydrogen-bond donors (Lipinski definition) is 4. The molecule has 1 unspecified atom stereocenters. The Morgan fingerprint density at radius 2 is 1.71 bits per heavy atom. The zero-order valence-electron chi connectivity index (χ0n) is 26.5. The molecule has 3 aromatic rings. The Kier molecular flexibility index (Phi) is 10.6. The molecule has 5 rings (SSSR count). The molecule has 3 heterocycles. The number of benzene rings is 1. The highest BCUT2D eigenvalue weighted by Gasteiger charge is 2.37. The first kappa shape index (κ1) is 32.7. The van der Waals surface area contributed by atoms with Crippen molar-refractivity contribution in [2.45, 2.75) is 76.4 Å². The van der Waals surface area contributed by atoms with Crippen LogP contribution in [0.5, 0.6) is 0 Å². The van der Waals surface area contributed by atoms with Crippen molar-refractivity contribution in [3.8, 4) is 0 Å². The van der Waals surface area contributed by atoms with Crippen molar-refractivity contribution in [1.29, 1.82) is 0 Å². The molecule has 2 aliphatic rings. The maximum absolute atomic E-state index is 13.8. The molecule has 10 heteroatoms. The fourth-order valence-electron chi connectivity index (χ4n) is 6.47. The van der Waals surface area contributed by atoms with Gasteiger partial charge in [0.2, 0.25) is 11.8 Å². The Balaban J connectivity index is 1.29. The number of piperazine rings is 1. The minimum absolute atomic E-state index is 0.0795. The van der Waals surface area contributed by atoms with Gasteiger partial charge < -0.3 is 20.8 Å². The van der Waals surface area contributed by atoms with Crippen LogP contribution in [0.15, 0.2) is 73.3 Å². The van der Waals surface area contributed by atoms with Gasteiger partial charge in [0.25, 0.3) is 0 Å². The van der Waals surface area contributed by atoms with E-state index in [1.807, 2.05) is 80.4 Å². The van der Waals surface area contributed by atoms with Crippen LogP contribution in [-0.2, 0) is 29.0 Å². The molecular formula is C35H46N6O4. The number of β-amino-alcohol motifs (C(OH)–C–C–N with tert-alkyl or cyclic N) is 1. The molecular weight excluding hydrogens is 568 g/mol. The van der Waals surface area contributed by atoms with Crippen LogP contribution < -0.4 is 10.6 Å². The van der Waals surface area contributed by atoms with Crippen LogP contribution in [0.2, 0.25) is 0 Å². The summed E-state index contributed by atoms with van der Waals surface area (Å²) >= 11 is 0. The summed E-state index contributed by atoms with van der Waals surface area (Å²) in [4.78, 5) is 40.1. The minimum atomic E-state index is -0.854. The summed E-state index contributed by atoms with van der Waals surface area (Å²) in [6, 6.07) is 14.5. The van der Waals surface area contributed by atoms with Gasteiger partial charge in [-0.15, -0.1) is 0 Å². The van der Waals surface area contributed by atoms with E-state index in [1.165, 1.54) is 0 Å². The minimum Gasteiger partial charge on any atom is -0.392 e. The first-order valence-corrected chi connectivity index (χ1v) is 15.9. The van der Waals surface area contributed by atoms with E-state index in [9.17, 15) is 19.8 Å². The lowest BCUT2D eigenvalue weighted by atomic mass is 9.92. The maximum atomic E-state index is 13.8. The summed E-state index contributed by atoms with van der Waals surface area (Å²) in [6.07, 6.45) is 6.55. The molecule has 240 valence electrons. The number of aromatic nitrogens is 2. The average Bonchev–Trinajstić information content (AvgIpc) is 3.32. The molecule has 1 aromatic carbocycles. The topological polar surface area (TPSA) is 131 Å². The van der Waals surface area contributed by atoms with Crippen molar-refractivity contribution in [2.24, 2.45) is 5.92 Å². The molecule has 0 radical (unpaired) electrons. The summed E-state index contributed by atoms with van der Waals surface area (Å²) in [6.45, 7) is 8.68. The number of aliphatic hydroxyl groups excluding tert-OH is 2. The van der Waals surface area contributed by atoms with Crippen molar-refractivity contribution in [3.63, 3.8) is 0 Å². The molecule has 45 heavy (non-hydrogen) atoms. The van der Waals surface area contributed by atoms with Crippen LogP contribution in [-0.4, -0.2) is 91.8 Å². The number of fused-ring (bicyclic) bond motifs is 1. The van der Waals surface area contributed by atoms with Crippen LogP contribution in [0.4, 0.5) is 0 Å². The lowest BCUT2D eigenvalue weighted by Crippen LogP contribution is -2.61. The summed E-state index contributed by atoms with van der Waals surface area (Å²) < 4.78 is 0. The third-order valence-corrected chi connectivity index (χ3v) is 8.58. The Hall–Kier alpha value is -3.70. The van der Waals surface area contributed by atoms with Crippen LogP contribution in [0, 0.1) is 5.92 Å². The van der Waals surface area contributed by atoms with Gasteiger partial charge in [-0.3, -0.25) is 29.4 Å². The van der Waals surface area contributed by atoms with Crippen molar-refractivity contribution in [2.75, 3.05) is 26.2 Å². The largest absolute Gasteiger partial charge is 0.392 e. The van der Waals surface area contributed by atoms with E-state index < -0.39 is 35.7 Å². The van der Waals surface area contributed by atoms with Gasteiger partial charge in [0.1, 0.15) is 6.04 Å². The van der Waals surface area contributed by atoms with Crippen LogP contribution in [0.3, 0.4) is 0 Å². The number of nitrogens with zero attached hydrogens (tertiary/aromatic N) is 4. The van der Waals surface area contributed by atoms with E-state index in [-0.39, 0.29) is 24.8 Å². The zero-order valence-corrected chi connectivity index (χ0v) is 26.5. The van der Waals surface area contributed by atoms with Crippen molar-refractivity contribution >= 4 is 11.8 Å². The van der Waals surface area contributed by atoms with Gasteiger partial charge in [-0.2, -0.15) is 0 Å². The number of pyridine rings is 2. The second-order valence-electron chi connectivity index (χ2n) is 13.5. The summed E-state index contributed by atoms with van der Waals surface area (Å²) in [5.41, 5.74) is 3.53. The van der Waals surface area contributed by atoms with Gasteiger partial charge in [0, 0.05) is 75.4 Å². The summed E-state index contributed by atoms with van der Waals surface area (Å²) in [7, 11) is 0. The lowest BCUT2D eigenvalue weighted by molar-refractivity contribution is -0.132. The number of nitrogens with one attached hydrogen (secondary N) is 2. The third kappa shape index (κ3) is 8.94. The van der Waals surface area contributed by atoms with Gasteiger partial charge in [-0.1, -0.05) is 36.4 Å². The average molecular weight is 615 g/mol. The Bertz CT molecular complexity index is 1420. The van der Waals surface area contributed by atoms with Gasteiger partial charge in [0.15, 0.2) is 0 Å². The molecule has 4 N–H and O–H groups in total. The zero-order chi connectivity index (χ0) is 32.0. The Labute approximate surface area is 265 Å². The molecule has 0 spiro atoms. The molecule has 2 aromatic heterocycles. The molecule has 1 aliphatic carbocycles. The van der Waals surface area contributed by atoms with Crippen LogP contribution >= 0.6 is 0 Å². The highest BCUT2D eigenvalue weighted by molar-refractivity contribution is 5.83. The number of amides is 2. The summed E-state index contributed by atoms with van der Waals surface area (Å²) in [5.74, 6) is -0.857. The predicted molar refractivity (Wildman–Crippen MR) is 172 cm³/mol. The number of carbonyl (C=O) groups excluding carboxylic acids is 2. The first-order chi connectivity index (χ1) is 21.6. The molecule has 1 fully saturated rings. The van der Waals surface area contributed by atoms with E-state index in [0.717, 1.165) is 28.8 Å². The monoisotopic (exact) mass is 614 g/mol. The van der Waals surface area contributed by atoms with Crippen LogP contribution in [0.1, 0.15) is 55.5 Å². The van der Waals surface area contributed by atoms with E-state index in [1.54, 1.807) is 18.6 Å². The van der Waals surface area contributed by atoms with Gasteiger partial charge in [0.05, 0.1) is 18.2 Å². The number of hydrogen-bond acceptors (Lipinski definition) is 8. The predicted octanol–water partition coefficient (Wildman–Crippen LogP) is 2.26. The number of aliphatic hydroxyl groups is 2. The molecule has 10 nitrogen and oxygen atoms in total. The first-order valence-electron chi connectivity index (χ1n) is 15.9. The van der Waals surface area contributed by atoms with E-state index in [4.69, 9.17) is 0 Å². The van der Waals surface area contributed by atoms with Crippen molar-refractivity contribution in [3.05, 3.63) is 95.6 Å². The highest BCUT2D eigenvalue weighted by atomic mass is 16.3. The van der Waals surface area contributed by atoms with Gasteiger partial charge >= 0.3 is 0 Å². The quantitative estimate of drug-likeness (QED) is 0.259. The van der Waals surface area contributed by atoms with E-state index in [0.29, 0.717) is 32.5 Å². The van der Waals surface area contributed by atoms with Gasteiger partial charge in [-0.25, -0.2) is 0 Å². The molecule has 0 saturated carbocycles. The summed E-state index contributed by atoms with van der Waals surface area (Å²) in [5, 5.41) is 28.5. The molecule has 5 atom stereocenters. The van der Waals surface area contributed by atoms with Crippen molar-refractivity contribution in [1.82, 2.24) is 30.4 Å².